The number of hydrogen-bond acceptors (Lipinski definition) is 5. The molecule has 0 fully saturated rings. The Bertz CT molecular complexity index is 518. The topological polar surface area (TPSA) is 82.3 Å². The Morgan fingerprint density at radius 2 is 2.11 bits per heavy atom. The van der Waals surface area contributed by atoms with E-state index >= 15 is 0 Å². The van der Waals surface area contributed by atoms with Crippen molar-refractivity contribution in [3.05, 3.63) is 27.4 Å². The van der Waals surface area contributed by atoms with Crippen molar-refractivity contribution < 1.29 is 27.6 Å². The Kier molecular flexibility index (Phi) is 3.75. The van der Waals surface area contributed by atoms with Crippen LogP contribution in [0.1, 0.15) is 15.9 Å². The highest BCUT2D eigenvalue weighted by Gasteiger charge is 2.37. The summed E-state index contributed by atoms with van der Waals surface area (Å²) in [4.78, 5) is 23.5. The lowest BCUT2D eigenvalue weighted by Crippen LogP contribution is -2.19. The Labute approximate surface area is 102 Å². The Morgan fingerprint density at radius 1 is 1.56 bits per heavy atom. The maximum absolute atomic E-state index is 12.0. The fraction of sp³-hybridized carbons (Fsp3) is 0.250. The average Bonchev–Trinajstić information content (AvgIpc) is 2.13. The van der Waals surface area contributed by atoms with Gasteiger partial charge in [0.15, 0.2) is 0 Å². The van der Waals surface area contributed by atoms with E-state index in [1.165, 1.54) is 0 Å². The number of pyridine rings is 1. The van der Waals surface area contributed by atoms with Gasteiger partial charge in [-0.25, -0.2) is 4.98 Å². The molecule has 10 heteroatoms. The zero-order valence-corrected chi connectivity index (χ0v) is 9.37. The van der Waals surface area contributed by atoms with Gasteiger partial charge in [0.05, 0.1) is 10.5 Å². The minimum atomic E-state index is -5.13. The molecule has 0 amide bonds. The highest BCUT2D eigenvalue weighted by Crippen LogP contribution is 2.34. The van der Waals surface area contributed by atoms with Crippen molar-refractivity contribution in [2.24, 2.45) is 0 Å². The standard InChI is InChI=1S/C8H4ClF3N2O4/c1-3-4(6(9)15)2-13-7(5(3)14(16)17)18-8(10,11)12/h2H,1H3. The van der Waals surface area contributed by atoms with Crippen LogP contribution >= 0.6 is 11.6 Å². The second-order valence-electron chi connectivity index (χ2n) is 3.03. The summed E-state index contributed by atoms with van der Waals surface area (Å²) < 4.78 is 39.4. The number of rotatable bonds is 3. The molecule has 0 bridgehead atoms. The number of carbonyl (C=O) groups is 1. The lowest BCUT2D eigenvalue weighted by atomic mass is 10.1. The zero-order valence-electron chi connectivity index (χ0n) is 8.62. The minimum Gasteiger partial charge on any atom is -0.381 e. The fourth-order valence-corrected chi connectivity index (χ4v) is 1.36. The second kappa shape index (κ2) is 4.77. The van der Waals surface area contributed by atoms with Gasteiger partial charge in [-0.3, -0.25) is 14.9 Å². The molecule has 0 atom stereocenters. The molecule has 1 aromatic rings. The summed E-state index contributed by atoms with van der Waals surface area (Å²) in [5.74, 6) is -1.24. The summed E-state index contributed by atoms with van der Waals surface area (Å²) in [6.07, 6.45) is -4.45. The van der Waals surface area contributed by atoms with Crippen LogP contribution in [-0.2, 0) is 0 Å². The largest absolute Gasteiger partial charge is 0.574 e. The van der Waals surface area contributed by atoms with E-state index in [1.54, 1.807) is 0 Å². The number of alkyl halides is 3. The fourth-order valence-electron chi connectivity index (χ4n) is 1.17. The first-order valence-corrected chi connectivity index (χ1v) is 4.61. The van der Waals surface area contributed by atoms with Crippen LogP contribution in [0.4, 0.5) is 18.9 Å². The number of ether oxygens (including phenoxy) is 1. The molecule has 0 saturated carbocycles. The number of aromatic nitrogens is 1. The van der Waals surface area contributed by atoms with Crippen LogP contribution in [-0.4, -0.2) is 21.5 Å². The van der Waals surface area contributed by atoms with Gasteiger partial charge in [0.1, 0.15) is 0 Å². The summed E-state index contributed by atoms with van der Waals surface area (Å²) in [5.41, 5.74) is -1.77. The van der Waals surface area contributed by atoms with Crippen molar-refractivity contribution in [2.45, 2.75) is 13.3 Å². The summed E-state index contributed by atoms with van der Waals surface area (Å²) in [7, 11) is 0. The van der Waals surface area contributed by atoms with E-state index in [0.717, 1.165) is 6.92 Å². The van der Waals surface area contributed by atoms with Crippen LogP contribution in [0, 0.1) is 17.0 Å². The Hall–Kier alpha value is -1.90. The molecular weight excluding hydrogens is 281 g/mol. The van der Waals surface area contributed by atoms with Crippen molar-refractivity contribution in [3.8, 4) is 5.88 Å². The molecule has 6 nitrogen and oxygen atoms in total. The van der Waals surface area contributed by atoms with Crippen molar-refractivity contribution >= 4 is 22.5 Å². The third-order valence-electron chi connectivity index (χ3n) is 1.88. The highest BCUT2D eigenvalue weighted by atomic mass is 35.5. The molecule has 0 aliphatic heterocycles. The van der Waals surface area contributed by atoms with Crippen LogP contribution < -0.4 is 4.74 Å². The van der Waals surface area contributed by atoms with E-state index in [-0.39, 0.29) is 11.1 Å². The van der Waals surface area contributed by atoms with Crippen LogP contribution in [0.3, 0.4) is 0 Å². The van der Waals surface area contributed by atoms with E-state index < -0.39 is 28.1 Å². The summed E-state index contributed by atoms with van der Waals surface area (Å²) in [6.45, 7) is 1.07. The van der Waals surface area contributed by atoms with Crippen molar-refractivity contribution in [3.63, 3.8) is 0 Å². The lowest BCUT2D eigenvalue weighted by molar-refractivity contribution is -0.389. The number of halogens is 4. The van der Waals surface area contributed by atoms with E-state index in [4.69, 9.17) is 11.6 Å². The minimum absolute atomic E-state index is 0.353. The molecule has 0 aliphatic carbocycles. The number of hydrogen-bond donors (Lipinski definition) is 0. The first kappa shape index (κ1) is 14.2. The molecule has 18 heavy (non-hydrogen) atoms. The normalized spacial score (nSPS) is 11.2. The van der Waals surface area contributed by atoms with Crippen LogP contribution in [0.5, 0.6) is 5.88 Å². The molecule has 98 valence electrons. The summed E-state index contributed by atoms with van der Waals surface area (Å²) >= 11 is 5.11. The van der Waals surface area contributed by atoms with Crippen LogP contribution in [0.2, 0.25) is 0 Å². The van der Waals surface area contributed by atoms with Gasteiger partial charge in [0.2, 0.25) is 0 Å². The van der Waals surface area contributed by atoms with Gasteiger partial charge in [-0.05, 0) is 18.5 Å². The van der Waals surface area contributed by atoms with Gasteiger partial charge in [-0.1, -0.05) is 0 Å². The molecule has 0 spiro atoms. The van der Waals surface area contributed by atoms with E-state index in [2.05, 4.69) is 9.72 Å². The molecule has 0 saturated heterocycles. The van der Waals surface area contributed by atoms with Crippen LogP contribution in [0.15, 0.2) is 6.20 Å². The average molecular weight is 285 g/mol. The van der Waals surface area contributed by atoms with Crippen molar-refractivity contribution in [2.75, 3.05) is 0 Å². The smallest absolute Gasteiger partial charge is 0.381 e. The quantitative estimate of drug-likeness (QED) is 0.484. The molecule has 0 aromatic carbocycles. The molecule has 1 heterocycles. The molecule has 1 rings (SSSR count). The van der Waals surface area contributed by atoms with E-state index in [0.29, 0.717) is 6.20 Å². The zero-order chi connectivity index (χ0) is 14.1. The van der Waals surface area contributed by atoms with Gasteiger partial charge in [-0.15, -0.1) is 13.2 Å². The molecule has 0 radical (unpaired) electrons. The third kappa shape index (κ3) is 3.06. The predicted molar refractivity (Wildman–Crippen MR) is 52.5 cm³/mol. The third-order valence-corrected chi connectivity index (χ3v) is 2.08. The van der Waals surface area contributed by atoms with Gasteiger partial charge in [0.25, 0.3) is 5.24 Å². The molecular formula is C8H4ClF3N2O4. The number of nitro groups is 1. The molecule has 0 unspecified atom stereocenters. The Balaban J connectivity index is 3.42. The lowest BCUT2D eigenvalue weighted by Gasteiger charge is -2.10. The first-order valence-electron chi connectivity index (χ1n) is 4.23. The van der Waals surface area contributed by atoms with Gasteiger partial charge < -0.3 is 4.74 Å². The van der Waals surface area contributed by atoms with Gasteiger partial charge >= 0.3 is 17.9 Å². The Morgan fingerprint density at radius 3 is 2.50 bits per heavy atom. The van der Waals surface area contributed by atoms with Crippen LogP contribution in [0.25, 0.3) is 0 Å². The predicted octanol–water partition coefficient (Wildman–Crippen LogP) is 2.58. The van der Waals surface area contributed by atoms with E-state index in [1.807, 2.05) is 0 Å². The molecule has 0 aliphatic rings. The monoisotopic (exact) mass is 284 g/mol. The van der Waals surface area contributed by atoms with Gasteiger partial charge in [0, 0.05) is 11.8 Å². The molecule has 1 aromatic heterocycles. The second-order valence-corrected chi connectivity index (χ2v) is 3.37. The summed E-state index contributed by atoms with van der Waals surface area (Å²) in [5, 5.41) is 9.60. The van der Waals surface area contributed by atoms with E-state index in [9.17, 15) is 28.1 Å². The maximum atomic E-state index is 12.0. The number of carbonyl (C=O) groups excluding carboxylic acids is 1. The molecule has 0 N–H and O–H groups in total. The summed E-state index contributed by atoms with van der Waals surface area (Å²) in [6, 6.07) is 0. The number of nitrogens with zero attached hydrogens (tertiary/aromatic N) is 2. The maximum Gasteiger partial charge on any atom is 0.574 e. The first-order chi connectivity index (χ1) is 8.13. The van der Waals surface area contributed by atoms with Crippen molar-refractivity contribution in [1.82, 2.24) is 4.98 Å². The SMILES string of the molecule is Cc1c(C(=O)Cl)cnc(OC(F)(F)F)c1[N+](=O)[O-]. The van der Waals surface area contributed by atoms with Gasteiger partial charge in [-0.2, -0.15) is 0 Å². The van der Waals surface area contributed by atoms with Crippen molar-refractivity contribution in [1.29, 1.82) is 0 Å². The highest BCUT2D eigenvalue weighted by molar-refractivity contribution is 6.67.